The fourth-order valence-corrected chi connectivity index (χ4v) is 2.66. The summed E-state index contributed by atoms with van der Waals surface area (Å²) < 4.78 is 5.49. The van der Waals surface area contributed by atoms with E-state index in [0.29, 0.717) is 5.02 Å². The van der Waals surface area contributed by atoms with Crippen molar-refractivity contribution in [1.82, 2.24) is 9.97 Å². The van der Waals surface area contributed by atoms with Gasteiger partial charge in [-0.25, -0.2) is 0 Å². The van der Waals surface area contributed by atoms with Crippen LogP contribution in [0.15, 0.2) is 54.9 Å². The number of aromatic nitrogens is 2. The van der Waals surface area contributed by atoms with Crippen LogP contribution in [0, 0.1) is 0 Å². The summed E-state index contributed by atoms with van der Waals surface area (Å²) >= 11 is 6.16. The Hall–Kier alpha value is -2.13. The largest absolute Gasteiger partial charge is 0.496 e. The lowest BCUT2D eigenvalue weighted by Gasteiger charge is -2.18. The third-order valence-electron chi connectivity index (χ3n) is 3.37. The highest BCUT2D eigenvalue weighted by molar-refractivity contribution is 6.30. The third kappa shape index (κ3) is 2.32. The summed E-state index contributed by atoms with van der Waals surface area (Å²) in [4.78, 5) is 6.55. The van der Waals surface area contributed by atoms with E-state index < -0.39 is 0 Å². The van der Waals surface area contributed by atoms with E-state index in [4.69, 9.17) is 16.3 Å². The number of hydrogen-bond acceptors (Lipinski definition) is 1. The summed E-state index contributed by atoms with van der Waals surface area (Å²) in [6.07, 6.45) is 3.84. The van der Waals surface area contributed by atoms with Crippen LogP contribution in [0.1, 0.15) is 22.9 Å². The summed E-state index contributed by atoms with van der Waals surface area (Å²) in [6.45, 7) is 0. The van der Waals surface area contributed by atoms with E-state index >= 15 is 0 Å². The zero-order valence-corrected chi connectivity index (χ0v) is 11.8. The van der Waals surface area contributed by atoms with E-state index in [2.05, 4.69) is 22.1 Å². The van der Waals surface area contributed by atoms with E-state index in [9.17, 15) is 0 Å². The van der Waals surface area contributed by atoms with Gasteiger partial charge in [0.2, 0.25) is 0 Å². The molecule has 0 aliphatic carbocycles. The van der Waals surface area contributed by atoms with Crippen molar-refractivity contribution in [3.8, 4) is 5.75 Å². The average molecular weight is 287 g/mol. The third-order valence-corrected chi connectivity index (χ3v) is 3.60. The van der Waals surface area contributed by atoms with Crippen LogP contribution in [0.5, 0.6) is 5.75 Å². The summed E-state index contributed by atoms with van der Waals surface area (Å²) in [5, 5.41) is 0.698. The van der Waals surface area contributed by atoms with Crippen LogP contribution in [-0.2, 0) is 0 Å². The molecule has 0 amide bonds. The Morgan fingerprint density at radius 1 is 1.00 bits per heavy atom. The summed E-state index contributed by atoms with van der Waals surface area (Å²) in [5.41, 5.74) is 3.21. The summed E-state index contributed by atoms with van der Waals surface area (Å²) in [5.74, 6) is 0.859. The van der Waals surface area contributed by atoms with Crippen molar-refractivity contribution in [3.63, 3.8) is 0 Å². The van der Waals surface area contributed by atoms with Crippen molar-refractivity contribution >= 4 is 11.6 Å². The molecule has 0 aliphatic rings. The molecule has 0 aliphatic heterocycles. The molecule has 1 aromatic carbocycles. The molecule has 2 aromatic heterocycles. The van der Waals surface area contributed by atoms with Gasteiger partial charge in [0, 0.05) is 34.4 Å². The van der Waals surface area contributed by atoms with Gasteiger partial charge in [0.25, 0.3) is 0 Å². The zero-order valence-electron chi connectivity index (χ0n) is 11.1. The van der Waals surface area contributed by atoms with Crippen LogP contribution in [0.4, 0.5) is 0 Å². The Morgan fingerprint density at radius 2 is 1.65 bits per heavy atom. The standard InChI is InChI=1S/C16H15ClN2O/c1-20-15-7-6-11(17)10-12(15)16(13-4-2-8-18-13)14-5-3-9-19-14/h2-10,16,18-19H,1H3. The van der Waals surface area contributed by atoms with Gasteiger partial charge in [-0.3, -0.25) is 0 Å². The van der Waals surface area contributed by atoms with Gasteiger partial charge in [-0.1, -0.05) is 11.6 Å². The first-order valence-corrected chi connectivity index (χ1v) is 6.77. The summed E-state index contributed by atoms with van der Waals surface area (Å²) in [6, 6.07) is 13.8. The van der Waals surface area contributed by atoms with Crippen molar-refractivity contribution in [1.29, 1.82) is 0 Å². The Balaban J connectivity index is 2.18. The molecule has 0 fully saturated rings. The summed E-state index contributed by atoms with van der Waals surface area (Å²) in [7, 11) is 1.67. The first-order valence-electron chi connectivity index (χ1n) is 6.39. The smallest absolute Gasteiger partial charge is 0.123 e. The normalized spacial score (nSPS) is 10.9. The quantitative estimate of drug-likeness (QED) is 0.742. The second kappa shape index (κ2) is 5.47. The van der Waals surface area contributed by atoms with Gasteiger partial charge in [0.1, 0.15) is 5.75 Å². The van der Waals surface area contributed by atoms with Crippen LogP contribution in [0.2, 0.25) is 5.02 Å². The second-order valence-electron chi connectivity index (χ2n) is 4.57. The van der Waals surface area contributed by atoms with Crippen molar-refractivity contribution in [2.45, 2.75) is 5.92 Å². The van der Waals surface area contributed by atoms with Crippen LogP contribution < -0.4 is 4.74 Å². The maximum absolute atomic E-state index is 6.16. The van der Waals surface area contributed by atoms with Crippen molar-refractivity contribution in [3.05, 3.63) is 76.8 Å². The molecular formula is C16H15ClN2O. The number of nitrogens with one attached hydrogen (secondary N) is 2. The molecule has 2 heterocycles. The van der Waals surface area contributed by atoms with Gasteiger partial charge in [0.15, 0.2) is 0 Å². The SMILES string of the molecule is COc1ccc(Cl)cc1C(c1ccc[nH]1)c1ccc[nH]1. The molecule has 0 bridgehead atoms. The predicted octanol–water partition coefficient (Wildman–Crippen LogP) is 4.19. The molecule has 4 heteroatoms. The lowest BCUT2D eigenvalue weighted by atomic mass is 9.92. The number of hydrogen-bond donors (Lipinski definition) is 2. The number of benzene rings is 1. The molecule has 0 radical (unpaired) electrons. The zero-order chi connectivity index (χ0) is 13.9. The number of ether oxygens (including phenoxy) is 1. The molecule has 3 rings (SSSR count). The van der Waals surface area contributed by atoms with Crippen molar-refractivity contribution in [2.24, 2.45) is 0 Å². The minimum absolute atomic E-state index is 0.0358. The van der Waals surface area contributed by atoms with Gasteiger partial charge in [-0.15, -0.1) is 0 Å². The van der Waals surface area contributed by atoms with Crippen LogP contribution in [-0.4, -0.2) is 17.1 Å². The first-order chi connectivity index (χ1) is 9.79. The molecule has 3 nitrogen and oxygen atoms in total. The van der Waals surface area contributed by atoms with Crippen molar-refractivity contribution in [2.75, 3.05) is 7.11 Å². The number of methoxy groups -OCH3 is 1. The van der Waals surface area contributed by atoms with E-state index in [0.717, 1.165) is 22.7 Å². The molecule has 0 saturated carbocycles. The lowest BCUT2D eigenvalue weighted by molar-refractivity contribution is 0.408. The molecule has 102 valence electrons. The lowest BCUT2D eigenvalue weighted by Crippen LogP contribution is -2.06. The Kier molecular flexibility index (Phi) is 3.52. The van der Waals surface area contributed by atoms with E-state index in [1.807, 2.05) is 42.7 Å². The first kappa shape index (κ1) is 12.9. The molecule has 0 unspecified atom stereocenters. The minimum Gasteiger partial charge on any atom is -0.496 e. The fourth-order valence-electron chi connectivity index (χ4n) is 2.48. The number of aromatic amines is 2. The highest BCUT2D eigenvalue weighted by Gasteiger charge is 2.22. The molecule has 20 heavy (non-hydrogen) atoms. The van der Waals surface area contributed by atoms with Crippen molar-refractivity contribution < 1.29 is 4.74 Å². The van der Waals surface area contributed by atoms with Gasteiger partial charge in [-0.2, -0.15) is 0 Å². The number of halogens is 1. The van der Waals surface area contributed by atoms with E-state index in [1.165, 1.54) is 0 Å². The Bertz CT molecular complexity index is 640. The fraction of sp³-hybridized carbons (Fsp3) is 0.125. The predicted molar refractivity (Wildman–Crippen MR) is 80.5 cm³/mol. The average Bonchev–Trinajstić information content (AvgIpc) is 3.13. The van der Waals surface area contributed by atoms with Crippen LogP contribution in [0.3, 0.4) is 0 Å². The molecule has 2 N–H and O–H groups in total. The highest BCUT2D eigenvalue weighted by Crippen LogP contribution is 2.37. The van der Waals surface area contributed by atoms with Crippen LogP contribution in [0.25, 0.3) is 0 Å². The van der Waals surface area contributed by atoms with E-state index in [1.54, 1.807) is 7.11 Å². The highest BCUT2D eigenvalue weighted by atomic mass is 35.5. The maximum atomic E-state index is 6.16. The van der Waals surface area contributed by atoms with Crippen LogP contribution >= 0.6 is 11.6 Å². The Morgan fingerprint density at radius 3 is 2.15 bits per heavy atom. The number of rotatable bonds is 4. The maximum Gasteiger partial charge on any atom is 0.123 e. The van der Waals surface area contributed by atoms with Gasteiger partial charge >= 0.3 is 0 Å². The molecular weight excluding hydrogens is 272 g/mol. The van der Waals surface area contributed by atoms with Gasteiger partial charge in [0.05, 0.1) is 13.0 Å². The topological polar surface area (TPSA) is 40.8 Å². The molecule has 0 spiro atoms. The monoisotopic (exact) mass is 286 g/mol. The minimum atomic E-state index is 0.0358. The second-order valence-corrected chi connectivity index (χ2v) is 5.01. The Labute approximate surface area is 122 Å². The van der Waals surface area contributed by atoms with E-state index in [-0.39, 0.29) is 5.92 Å². The molecule has 0 saturated heterocycles. The molecule has 3 aromatic rings. The molecule has 0 atom stereocenters. The van der Waals surface area contributed by atoms with Gasteiger partial charge in [-0.05, 0) is 42.5 Å². The van der Waals surface area contributed by atoms with Gasteiger partial charge < -0.3 is 14.7 Å². The number of H-pyrrole nitrogens is 2.